The van der Waals surface area contributed by atoms with Gasteiger partial charge >= 0.3 is 0 Å². The van der Waals surface area contributed by atoms with Crippen LogP contribution in [-0.2, 0) is 0 Å². The molecule has 0 aliphatic rings. The van der Waals surface area contributed by atoms with Gasteiger partial charge in [0, 0.05) is 6.20 Å². The largest absolute Gasteiger partial charge is 0.239 e. The van der Waals surface area contributed by atoms with Gasteiger partial charge in [0.25, 0.3) is 0 Å². The second-order valence-corrected chi connectivity index (χ2v) is 5.46. The summed E-state index contributed by atoms with van der Waals surface area (Å²) in [6.45, 7) is 9.48. The number of benzene rings is 1. The lowest BCUT2D eigenvalue weighted by atomic mass is 10.1. The van der Waals surface area contributed by atoms with Crippen LogP contribution >= 0.6 is 0 Å². The smallest absolute Gasteiger partial charge is 0.0992 e. The van der Waals surface area contributed by atoms with Crippen molar-refractivity contribution < 1.29 is 0 Å². The monoisotopic (exact) mass is 313 g/mol. The molecule has 2 aromatic rings. The molecular weight excluding hydrogens is 294 g/mol. The standard InChI is InChI=1S/C21H19N3/c1-5-6-7-8-16(2)9-10-20-15-24(23-18(20)4)21-12-17(3)11-19(13-21)14-22/h5-8,11-13,15H,1H2,2-4H3/b7-6-,16-8+. The lowest BCUT2D eigenvalue weighted by molar-refractivity contribution is 0.861. The molecule has 3 nitrogen and oxygen atoms in total. The zero-order valence-electron chi connectivity index (χ0n) is 14.2. The van der Waals surface area contributed by atoms with E-state index in [9.17, 15) is 0 Å². The third kappa shape index (κ3) is 4.35. The molecule has 1 heterocycles. The Morgan fingerprint density at radius 3 is 2.75 bits per heavy atom. The van der Waals surface area contributed by atoms with Crippen LogP contribution in [0.15, 0.2) is 60.9 Å². The Bertz CT molecular complexity index is 922. The van der Waals surface area contributed by atoms with Crippen molar-refractivity contribution in [3.05, 3.63) is 83.2 Å². The first-order valence-corrected chi connectivity index (χ1v) is 7.60. The minimum Gasteiger partial charge on any atom is -0.239 e. The maximum absolute atomic E-state index is 9.11. The van der Waals surface area contributed by atoms with Gasteiger partial charge in [-0.25, -0.2) is 4.68 Å². The fourth-order valence-electron chi connectivity index (χ4n) is 2.16. The molecule has 1 aromatic carbocycles. The molecule has 0 N–H and O–H groups in total. The first-order chi connectivity index (χ1) is 11.5. The summed E-state index contributed by atoms with van der Waals surface area (Å²) >= 11 is 0. The molecular formula is C21H19N3. The van der Waals surface area contributed by atoms with E-state index in [1.54, 1.807) is 10.8 Å². The van der Waals surface area contributed by atoms with Crippen LogP contribution in [0.25, 0.3) is 5.69 Å². The maximum atomic E-state index is 9.11. The van der Waals surface area contributed by atoms with Gasteiger partial charge in [0.15, 0.2) is 0 Å². The van der Waals surface area contributed by atoms with Crippen molar-refractivity contribution in [3.8, 4) is 23.6 Å². The van der Waals surface area contributed by atoms with Crippen molar-refractivity contribution >= 4 is 0 Å². The first kappa shape index (κ1) is 17.1. The van der Waals surface area contributed by atoms with Crippen LogP contribution in [0.4, 0.5) is 0 Å². The molecule has 0 saturated carbocycles. The number of nitriles is 1. The summed E-state index contributed by atoms with van der Waals surface area (Å²) in [5.74, 6) is 6.26. The Kier molecular flexibility index (Phi) is 5.55. The molecule has 0 atom stereocenters. The number of aryl methyl sites for hydroxylation is 2. The van der Waals surface area contributed by atoms with Crippen LogP contribution < -0.4 is 0 Å². The SMILES string of the molecule is C=C/C=C\C=C(/C)C#Cc1cn(-c2cc(C)cc(C#N)c2)nc1C. The fourth-order valence-corrected chi connectivity index (χ4v) is 2.16. The van der Waals surface area contributed by atoms with Gasteiger partial charge in [0.05, 0.1) is 28.6 Å². The summed E-state index contributed by atoms with van der Waals surface area (Å²) in [4.78, 5) is 0. The highest BCUT2D eigenvalue weighted by Crippen LogP contribution is 2.15. The number of nitrogens with zero attached hydrogens (tertiary/aromatic N) is 3. The summed E-state index contributed by atoms with van der Waals surface area (Å²) in [6, 6.07) is 7.84. The van der Waals surface area contributed by atoms with E-state index in [2.05, 4.69) is 29.6 Å². The van der Waals surface area contributed by atoms with Crippen molar-refractivity contribution in [1.82, 2.24) is 9.78 Å². The van der Waals surface area contributed by atoms with Gasteiger partial charge in [-0.05, 0) is 50.1 Å². The number of rotatable bonds is 3. The molecule has 0 bridgehead atoms. The Balaban J connectivity index is 2.34. The zero-order chi connectivity index (χ0) is 17.5. The average molecular weight is 313 g/mol. The summed E-state index contributed by atoms with van der Waals surface area (Å²) in [5.41, 5.74) is 5.20. The summed E-state index contributed by atoms with van der Waals surface area (Å²) in [7, 11) is 0. The molecule has 0 radical (unpaired) electrons. The Labute approximate surface area is 143 Å². The molecule has 0 saturated heterocycles. The zero-order valence-corrected chi connectivity index (χ0v) is 14.2. The molecule has 0 aliphatic heterocycles. The molecule has 1 aromatic heterocycles. The first-order valence-electron chi connectivity index (χ1n) is 7.60. The quantitative estimate of drug-likeness (QED) is 0.622. The molecule has 118 valence electrons. The average Bonchev–Trinajstić information content (AvgIpc) is 2.93. The number of hydrogen-bond acceptors (Lipinski definition) is 2. The highest BCUT2D eigenvalue weighted by atomic mass is 15.3. The summed E-state index contributed by atoms with van der Waals surface area (Å²) < 4.78 is 1.77. The van der Waals surface area contributed by atoms with Crippen molar-refractivity contribution in [1.29, 1.82) is 5.26 Å². The van der Waals surface area contributed by atoms with Crippen molar-refractivity contribution in [2.24, 2.45) is 0 Å². The number of aromatic nitrogens is 2. The van der Waals surface area contributed by atoms with Gasteiger partial charge in [-0.15, -0.1) is 0 Å². The number of allylic oxidation sites excluding steroid dienone is 5. The molecule has 24 heavy (non-hydrogen) atoms. The normalized spacial score (nSPS) is 11.0. The molecule has 0 unspecified atom stereocenters. The molecule has 0 amide bonds. The summed E-state index contributed by atoms with van der Waals surface area (Å²) in [5, 5.41) is 13.6. The van der Waals surface area contributed by atoms with Crippen LogP contribution in [0.3, 0.4) is 0 Å². The van der Waals surface area contributed by atoms with Crippen LogP contribution in [0.5, 0.6) is 0 Å². The van der Waals surface area contributed by atoms with Gasteiger partial charge in [-0.1, -0.05) is 42.7 Å². The topological polar surface area (TPSA) is 41.6 Å². The molecule has 0 aliphatic carbocycles. The van der Waals surface area contributed by atoms with Gasteiger partial charge in [-0.3, -0.25) is 0 Å². The van der Waals surface area contributed by atoms with Crippen molar-refractivity contribution in [3.63, 3.8) is 0 Å². The van der Waals surface area contributed by atoms with E-state index in [0.717, 1.165) is 28.1 Å². The Morgan fingerprint density at radius 2 is 2.04 bits per heavy atom. The van der Waals surface area contributed by atoms with Gasteiger partial charge in [0.1, 0.15) is 0 Å². The lowest BCUT2D eigenvalue weighted by Crippen LogP contribution is -1.96. The Hall–Kier alpha value is -3.30. The van der Waals surface area contributed by atoms with E-state index in [-0.39, 0.29) is 0 Å². The summed E-state index contributed by atoms with van der Waals surface area (Å²) in [6.07, 6.45) is 9.32. The van der Waals surface area contributed by atoms with Gasteiger partial charge < -0.3 is 0 Å². The minimum absolute atomic E-state index is 0.624. The second kappa shape index (κ2) is 7.81. The van der Waals surface area contributed by atoms with Crippen LogP contribution in [0, 0.1) is 37.0 Å². The predicted octanol–water partition coefficient (Wildman–Crippen LogP) is 4.40. The van der Waals surface area contributed by atoms with E-state index in [1.165, 1.54) is 0 Å². The molecule has 3 heteroatoms. The fraction of sp³-hybridized carbons (Fsp3) is 0.143. The van der Waals surface area contributed by atoms with Crippen LogP contribution in [0.1, 0.15) is 29.3 Å². The van der Waals surface area contributed by atoms with E-state index in [1.807, 2.05) is 63.4 Å². The van der Waals surface area contributed by atoms with Crippen molar-refractivity contribution in [2.75, 3.05) is 0 Å². The van der Waals surface area contributed by atoms with Crippen LogP contribution in [0.2, 0.25) is 0 Å². The third-order valence-electron chi connectivity index (χ3n) is 3.34. The van der Waals surface area contributed by atoms with Crippen molar-refractivity contribution in [2.45, 2.75) is 20.8 Å². The third-order valence-corrected chi connectivity index (χ3v) is 3.34. The van der Waals surface area contributed by atoms with E-state index in [0.29, 0.717) is 5.56 Å². The minimum atomic E-state index is 0.624. The second-order valence-electron chi connectivity index (χ2n) is 5.46. The van der Waals surface area contributed by atoms with E-state index < -0.39 is 0 Å². The van der Waals surface area contributed by atoms with Gasteiger partial charge in [-0.2, -0.15) is 10.4 Å². The van der Waals surface area contributed by atoms with Gasteiger partial charge in [0.2, 0.25) is 0 Å². The lowest BCUT2D eigenvalue weighted by Gasteiger charge is -2.03. The molecule has 0 fully saturated rings. The van der Waals surface area contributed by atoms with Crippen LogP contribution in [-0.4, -0.2) is 9.78 Å². The van der Waals surface area contributed by atoms with E-state index in [4.69, 9.17) is 5.26 Å². The predicted molar refractivity (Wildman–Crippen MR) is 97.7 cm³/mol. The Morgan fingerprint density at radius 1 is 1.25 bits per heavy atom. The van der Waals surface area contributed by atoms with E-state index >= 15 is 0 Å². The highest BCUT2D eigenvalue weighted by Gasteiger charge is 2.06. The highest BCUT2D eigenvalue weighted by molar-refractivity contribution is 5.47. The molecule has 2 rings (SSSR count). The number of hydrogen-bond donors (Lipinski definition) is 0. The maximum Gasteiger partial charge on any atom is 0.0992 e. The molecule has 0 spiro atoms.